The Labute approximate surface area is 184 Å². The highest BCUT2D eigenvalue weighted by molar-refractivity contribution is 7.22. The average molecular weight is 461 g/mol. The number of alkyl halides is 3. The minimum atomic E-state index is -4.64. The van der Waals surface area contributed by atoms with Crippen LogP contribution in [-0.2, 0) is 11.0 Å². The van der Waals surface area contributed by atoms with Crippen molar-refractivity contribution < 1.29 is 18.0 Å². The molecule has 0 spiro atoms. The lowest BCUT2D eigenvalue weighted by Crippen LogP contribution is -2.41. The van der Waals surface area contributed by atoms with Crippen LogP contribution < -0.4 is 9.80 Å². The number of amides is 1. The highest BCUT2D eigenvalue weighted by atomic mass is 32.1. The quantitative estimate of drug-likeness (QED) is 0.464. The van der Waals surface area contributed by atoms with Gasteiger partial charge in [0.1, 0.15) is 5.82 Å². The number of hydrogen-bond acceptors (Lipinski definition) is 7. The second kappa shape index (κ2) is 7.69. The summed E-state index contributed by atoms with van der Waals surface area (Å²) in [5.41, 5.74) is 0.888. The van der Waals surface area contributed by atoms with Gasteiger partial charge in [-0.25, -0.2) is 4.98 Å². The number of benzene rings is 1. The molecule has 4 aromatic rings. The van der Waals surface area contributed by atoms with Gasteiger partial charge in [-0.2, -0.15) is 17.7 Å². The van der Waals surface area contributed by atoms with Crippen LogP contribution in [0, 0.1) is 5.92 Å². The zero-order valence-corrected chi connectivity index (χ0v) is 17.8. The van der Waals surface area contributed by atoms with E-state index in [-0.39, 0.29) is 17.5 Å². The van der Waals surface area contributed by atoms with E-state index in [2.05, 4.69) is 20.3 Å². The predicted octanol–water partition coefficient (Wildman–Crippen LogP) is 3.63. The fourth-order valence-electron chi connectivity index (χ4n) is 3.85. The zero-order valence-electron chi connectivity index (χ0n) is 17.0. The molecule has 4 heterocycles. The summed E-state index contributed by atoms with van der Waals surface area (Å²) < 4.78 is 41.1. The third-order valence-electron chi connectivity index (χ3n) is 5.57. The molecule has 3 aromatic heterocycles. The third-order valence-corrected chi connectivity index (χ3v) is 6.68. The molecule has 0 atom stereocenters. The number of hydrogen-bond donors (Lipinski definition) is 0. The van der Waals surface area contributed by atoms with Crippen molar-refractivity contribution in [2.75, 3.05) is 29.9 Å². The second-order valence-corrected chi connectivity index (χ2v) is 8.61. The summed E-state index contributed by atoms with van der Waals surface area (Å²) >= 11 is 1.47. The second-order valence-electron chi connectivity index (χ2n) is 7.61. The van der Waals surface area contributed by atoms with Gasteiger partial charge in [0.15, 0.2) is 10.8 Å². The molecule has 1 aromatic carbocycles. The fourth-order valence-corrected chi connectivity index (χ4v) is 4.78. The van der Waals surface area contributed by atoms with Gasteiger partial charge in [-0.05, 0) is 37.1 Å². The van der Waals surface area contributed by atoms with Crippen LogP contribution in [-0.4, -0.2) is 50.8 Å². The summed E-state index contributed by atoms with van der Waals surface area (Å²) in [6.45, 7) is 1.01. The molecule has 1 fully saturated rings. The number of nitrogens with zero attached hydrogens (tertiary/aromatic N) is 7. The number of carbonyl (C=O) groups excluding carboxylic acids is 1. The Morgan fingerprint density at radius 1 is 1.12 bits per heavy atom. The Bertz CT molecular complexity index is 1260. The van der Waals surface area contributed by atoms with E-state index in [9.17, 15) is 18.0 Å². The van der Waals surface area contributed by atoms with Crippen molar-refractivity contribution in [1.82, 2.24) is 24.8 Å². The van der Waals surface area contributed by atoms with Crippen molar-refractivity contribution in [3.05, 3.63) is 42.2 Å². The lowest BCUT2D eigenvalue weighted by atomic mass is 9.95. The van der Waals surface area contributed by atoms with Crippen LogP contribution in [0.15, 0.2) is 36.4 Å². The SMILES string of the molecule is CN(C(=O)C1CCN(c2ccc3nnc(C(F)(F)F)n3n2)CC1)c1nc2ccccc2s1. The van der Waals surface area contributed by atoms with Crippen molar-refractivity contribution in [2.24, 2.45) is 5.92 Å². The van der Waals surface area contributed by atoms with Gasteiger partial charge < -0.3 is 4.90 Å². The van der Waals surface area contributed by atoms with E-state index in [1.807, 2.05) is 29.2 Å². The number of carbonyl (C=O) groups is 1. The molecule has 32 heavy (non-hydrogen) atoms. The van der Waals surface area contributed by atoms with Crippen LogP contribution in [0.1, 0.15) is 18.7 Å². The smallest absolute Gasteiger partial charge is 0.355 e. The number of anilines is 2. The van der Waals surface area contributed by atoms with E-state index in [0.29, 0.717) is 41.4 Å². The van der Waals surface area contributed by atoms with E-state index in [1.54, 1.807) is 18.0 Å². The van der Waals surface area contributed by atoms with Crippen LogP contribution >= 0.6 is 11.3 Å². The molecule has 1 aliphatic rings. The van der Waals surface area contributed by atoms with Gasteiger partial charge >= 0.3 is 6.18 Å². The van der Waals surface area contributed by atoms with Crippen molar-refractivity contribution >= 4 is 44.1 Å². The Morgan fingerprint density at radius 2 is 1.88 bits per heavy atom. The number of aromatic nitrogens is 5. The van der Waals surface area contributed by atoms with Gasteiger partial charge in [0.05, 0.1) is 10.2 Å². The van der Waals surface area contributed by atoms with Crippen molar-refractivity contribution in [3.63, 3.8) is 0 Å². The van der Waals surface area contributed by atoms with Gasteiger partial charge in [0.2, 0.25) is 5.91 Å². The molecule has 0 N–H and O–H groups in total. The first kappa shape index (κ1) is 20.6. The standard InChI is InChI=1S/C20H18F3N7OS/c1-28(19-24-13-4-2-3-5-14(13)32-19)17(31)12-8-10-29(11-9-12)16-7-6-15-25-26-18(20(21,22)23)30(15)27-16/h2-7,12H,8-11H2,1H3. The van der Waals surface area contributed by atoms with Crippen molar-refractivity contribution in [2.45, 2.75) is 19.0 Å². The molecule has 12 heteroatoms. The number of halogens is 3. The summed E-state index contributed by atoms with van der Waals surface area (Å²) in [6, 6.07) is 10.8. The molecule has 166 valence electrons. The summed E-state index contributed by atoms with van der Waals surface area (Å²) in [5.74, 6) is -0.956. The molecule has 0 unspecified atom stereocenters. The first-order chi connectivity index (χ1) is 15.3. The predicted molar refractivity (Wildman–Crippen MR) is 114 cm³/mol. The Balaban J connectivity index is 1.29. The molecule has 1 amide bonds. The molecule has 0 radical (unpaired) electrons. The molecule has 0 saturated carbocycles. The van der Waals surface area contributed by atoms with Crippen LogP contribution in [0.4, 0.5) is 24.1 Å². The minimum absolute atomic E-state index is 0.00900. The van der Waals surface area contributed by atoms with E-state index in [0.717, 1.165) is 10.2 Å². The first-order valence-electron chi connectivity index (χ1n) is 9.99. The number of thiazole rings is 1. The molecular weight excluding hydrogens is 443 g/mol. The zero-order chi connectivity index (χ0) is 22.5. The highest BCUT2D eigenvalue weighted by Gasteiger charge is 2.38. The van der Waals surface area contributed by atoms with E-state index < -0.39 is 12.0 Å². The van der Waals surface area contributed by atoms with Crippen LogP contribution in [0.25, 0.3) is 15.9 Å². The third kappa shape index (κ3) is 3.64. The van der Waals surface area contributed by atoms with Crippen molar-refractivity contribution in [1.29, 1.82) is 0 Å². The van der Waals surface area contributed by atoms with Gasteiger partial charge in [-0.3, -0.25) is 9.69 Å². The van der Waals surface area contributed by atoms with Gasteiger partial charge in [-0.15, -0.1) is 15.3 Å². The van der Waals surface area contributed by atoms with Gasteiger partial charge in [0.25, 0.3) is 5.82 Å². The summed E-state index contributed by atoms with van der Waals surface area (Å²) in [4.78, 5) is 21.0. The lowest BCUT2D eigenvalue weighted by molar-refractivity contribution is -0.146. The normalized spacial score (nSPS) is 15.6. The topological polar surface area (TPSA) is 79.5 Å². The Morgan fingerprint density at radius 3 is 2.59 bits per heavy atom. The van der Waals surface area contributed by atoms with Crippen molar-refractivity contribution in [3.8, 4) is 0 Å². The molecule has 8 nitrogen and oxygen atoms in total. The number of piperidine rings is 1. The summed E-state index contributed by atoms with van der Waals surface area (Å²) in [5, 5.41) is 11.5. The monoisotopic (exact) mass is 461 g/mol. The largest absolute Gasteiger partial charge is 0.453 e. The Hall–Kier alpha value is -3.28. The maximum Gasteiger partial charge on any atom is 0.453 e. The van der Waals surface area contributed by atoms with Gasteiger partial charge in [0, 0.05) is 26.1 Å². The van der Waals surface area contributed by atoms with E-state index >= 15 is 0 Å². The molecular formula is C20H18F3N7OS. The average Bonchev–Trinajstić information content (AvgIpc) is 3.42. The maximum absolute atomic E-state index is 13.1. The fraction of sp³-hybridized carbons (Fsp3) is 0.350. The lowest BCUT2D eigenvalue weighted by Gasteiger charge is -2.33. The Kier molecular flexibility index (Phi) is 4.96. The van der Waals surface area contributed by atoms with Crippen LogP contribution in [0.2, 0.25) is 0 Å². The highest BCUT2D eigenvalue weighted by Crippen LogP contribution is 2.31. The minimum Gasteiger partial charge on any atom is -0.355 e. The molecule has 1 saturated heterocycles. The summed E-state index contributed by atoms with van der Waals surface area (Å²) in [7, 11) is 1.73. The first-order valence-corrected chi connectivity index (χ1v) is 10.8. The van der Waals surface area contributed by atoms with Crippen LogP contribution in [0.3, 0.4) is 0 Å². The molecule has 0 bridgehead atoms. The van der Waals surface area contributed by atoms with Gasteiger partial charge in [-0.1, -0.05) is 23.5 Å². The van der Waals surface area contributed by atoms with E-state index in [4.69, 9.17) is 0 Å². The maximum atomic E-state index is 13.1. The molecule has 1 aliphatic heterocycles. The number of para-hydroxylation sites is 1. The molecule has 0 aliphatic carbocycles. The van der Waals surface area contributed by atoms with E-state index in [1.165, 1.54) is 17.4 Å². The molecule has 5 rings (SSSR count). The summed E-state index contributed by atoms with van der Waals surface area (Å²) in [6.07, 6.45) is -3.50. The number of fused-ring (bicyclic) bond motifs is 2. The van der Waals surface area contributed by atoms with Crippen LogP contribution in [0.5, 0.6) is 0 Å². The number of rotatable bonds is 3.